The summed E-state index contributed by atoms with van der Waals surface area (Å²) < 4.78 is 7.80. The van der Waals surface area contributed by atoms with Gasteiger partial charge in [-0.1, -0.05) is 19.1 Å². The quantitative estimate of drug-likeness (QED) is 0.510. The third-order valence-electron chi connectivity index (χ3n) is 4.04. The minimum absolute atomic E-state index is 0.745. The van der Waals surface area contributed by atoms with Crippen molar-refractivity contribution in [2.75, 3.05) is 12.3 Å². The molecule has 0 saturated carbocycles. The number of thiazole rings is 1. The van der Waals surface area contributed by atoms with Gasteiger partial charge in [0, 0.05) is 22.8 Å². The summed E-state index contributed by atoms with van der Waals surface area (Å²) in [4.78, 5) is 5.71. The van der Waals surface area contributed by atoms with Crippen LogP contribution in [0.5, 0.6) is 5.75 Å². The van der Waals surface area contributed by atoms with Crippen LogP contribution in [0.15, 0.2) is 60.1 Å². The number of benzene rings is 2. The third kappa shape index (κ3) is 3.10. The van der Waals surface area contributed by atoms with Gasteiger partial charge >= 0.3 is 0 Å². The Labute approximate surface area is 150 Å². The number of nitrogens with zero attached hydrogens (tertiary/aromatic N) is 2. The number of ether oxygens (including phenoxy) is 1. The minimum Gasteiger partial charge on any atom is -0.494 e. The van der Waals surface area contributed by atoms with E-state index in [2.05, 4.69) is 35.0 Å². The van der Waals surface area contributed by atoms with Gasteiger partial charge in [-0.3, -0.25) is 4.40 Å². The largest absolute Gasteiger partial charge is 0.494 e. The van der Waals surface area contributed by atoms with E-state index in [0.29, 0.717) is 0 Å². The van der Waals surface area contributed by atoms with E-state index >= 15 is 0 Å². The van der Waals surface area contributed by atoms with Crippen molar-refractivity contribution < 1.29 is 4.74 Å². The van der Waals surface area contributed by atoms with Gasteiger partial charge in [0.1, 0.15) is 5.75 Å². The molecule has 25 heavy (non-hydrogen) atoms. The monoisotopic (exact) mass is 349 g/mol. The molecule has 0 fully saturated rings. The molecule has 0 saturated heterocycles. The van der Waals surface area contributed by atoms with Crippen LogP contribution in [0.2, 0.25) is 0 Å². The summed E-state index contributed by atoms with van der Waals surface area (Å²) in [5, 5.41) is 2.14. The predicted molar refractivity (Wildman–Crippen MR) is 104 cm³/mol. The second kappa shape index (κ2) is 6.61. The second-order valence-electron chi connectivity index (χ2n) is 5.89. The van der Waals surface area contributed by atoms with Gasteiger partial charge in [-0.25, -0.2) is 4.98 Å². The Kier molecular flexibility index (Phi) is 4.15. The number of rotatable bonds is 5. The van der Waals surface area contributed by atoms with E-state index in [-0.39, 0.29) is 0 Å². The minimum atomic E-state index is 0.745. The van der Waals surface area contributed by atoms with Crippen LogP contribution in [0, 0.1) is 0 Å². The van der Waals surface area contributed by atoms with Crippen molar-refractivity contribution >= 4 is 22.0 Å². The molecule has 0 atom stereocenters. The fourth-order valence-corrected chi connectivity index (χ4v) is 3.61. The van der Waals surface area contributed by atoms with E-state index in [1.807, 2.05) is 36.4 Å². The maximum Gasteiger partial charge on any atom is 0.194 e. The zero-order valence-corrected chi connectivity index (χ0v) is 14.8. The first-order valence-electron chi connectivity index (χ1n) is 8.30. The maximum atomic E-state index is 5.77. The highest BCUT2D eigenvalue weighted by atomic mass is 32.1. The number of hydrogen-bond donors (Lipinski definition) is 1. The molecule has 4 nitrogen and oxygen atoms in total. The number of nitrogen functional groups attached to an aromatic ring is 1. The Morgan fingerprint density at radius 2 is 1.76 bits per heavy atom. The fraction of sp³-hybridized carbons (Fsp3) is 0.150. The lowest BCUT2D eigenvalue weighted by Gasteiger charge is -2.05. The van der Waals surface area contributed by atoms with E-state index in [0.717, 1.165) is 51.9 Å². The van der Waals surface area contributed by atoms with Gasteiger partial charge in [-0.15, -0.1) is 11.3 Å². The summed E-state index contributed by atoms with van der Waals surface area (Å²) in [5.74, 6) is 0.908. The van der Waals surface area contributed by atoms with Crippen LogP contribution in [0.25, 0.3) is 27.5 Å². The molecule has 2 N–H and O–H groups in total. The number of anilines is 1. The van der Waals surface area contributed by atoms with E-state index < -0.39 is 0 Å². The van der Waals surface area contributed by atoms with Crippen LogP contribution in [-0.2, 0) is 0 Å². The molecule has 0 aliphatic rings. The van der Waals surface area contributed by atoms with Crippen molar-refractivity contribution in [2.45, 2.75) is 13.3 Å². The Morgan fingerprint density at radius 1 is 1.04 bits per heavy atom. The normalized spacial score (nSPS) is 11.1. The second-order valence-corrected chi connectivity index (χ2v) is 6.73. The molecule has 0 spiro atoms. The zero-order valence-electron chi connectivity index (χ0n) is 14.0. The molecule has 0 amide bonds. The number of nitrogens with two attached hydrogens (primary N) is 1. The number of aromatic nitrogens is 2. The first-order chi connectivity index (χ1) is 12.2. The van der Waals surface area contributed by atoms with Gasteiger partial charge in [0.15, 0.2) is 4.96 Å². The van der Waals surface area contributed by atoms with Gasteiger partial charge in [0.25, 0.3) is 0 Å². The molecule has 0 unspecified atom stereocenters. The van der Waals surface area contributed by atoms with Gasteiger partial charge in [-0.05, 0) is 48.4 Å². The fourth-order valence-electron chi connectivity index (χ4n) is 2.73. The van der Waals surface area contributed by atoms with E-state index in [1.54, 1.807) is 11.3 Å². The smallest absolute Gasteiger partial charge is 0.194 e. The van der Waals surface area contributed by atoms with Crippen LogP contribution in [0.4, 0.5) is 5.69 Å². The standard InChI is InChI=1S/C20H19N3OS/c1-2-11-24-17-9-5-15(6-10-17)19-13-25-20-22-18(12-23(19)20)14-3-7-16(21)8-4-14/h3-10,12-13H,2,11,21H2,1H3. The SMILES string of the molecule is CCCOc1ccc(-c2csc3nc(-c4ccc(N)cc4)cn23)cc1. The van der Waals surface area contributed by atoms with Gasteiger partial charge in [-0.2, -0.15) is 0 Å². The average molecular weight is 349 g/mol. The topological polar surface area (TPSA) is 52.5 Å². The van der Waals surface area contributed by atoms with Gasteiger partial charge in [0.05, 0.1) is 18.0 Å². The molecule has 0 radical (unpaired) electrons. The van der Waals surface area contributed by atoms with Gasteiger partial charge < -0.3 is 10.5 Å². The average Bonchev–Trinajstić information content (AvgIpc) is 3.22. The number of fused-ring (bicyclic) bond motifs is 1. The molecule has 4 rings (SSSR count). The van der Waals surface area contributed by atoms with Crippen molar-refractivity contribution in [3.63, 3.8) is 0 Å². The highest BCUT2D eigenvalue weighted by Gasteiger charge is 2.11. The lowest BCUT2D eigenvalue weighted by Crippen LogP contribution is -1.94. The first kappa shape index (κ1) is 15.7. The van der Waals surface area contributed by atoms with Crippen molar-refractivity contribution in [1.82, 2.24) is 9.38 Å². The molecule has 126 valence electrons. The van der Waals surface area contributed by atoms with E-state index in [1.165, 1.54) is 0 Å². The molecule has 0 bridgehead atoms. The highest BCUT2D eigenvalue weighted by Crippen LogP contribution is 2.30. The van der Waals surface area contributed by atoms with E-state index in [4.69, 9.17) is 15.5 Å². The summed E-state index contributed by atoms with van der Waals surface area (Å²) in [6, 6.07) is 16.0. The van der Waals surface area contributed by atoms with Crippen molar-refractivity contribution in [1.29, 1.82) is 0 Å². The van der Waals surface area contributed by atoms with Crippen molar-refractivity contribution in [2.24, 2.45) is 0 Å². The Hall–Kier alpha value is -2.79. The molecule has 2 aromatic heterocycles. The molecule has 0 aliphatic heterocycles. The Morgan fingerprint density at radius 3 is 2.48 bits per heavy atom. The molecule has 2 aromatic carbocycles. The van der Waals surface area contributed by atoms with Crippen LogP contribution < -0.4 is 10.5 Å². The van der Waals surface area contributed by atoms with Crippen LogP contribution >= 0.6 is 11.3 Å². The van der Waals surface area contributed by atoms with Crippen LogP contribution in [0.1, 0.15) is 13.3 Å². The number of imidazole rings is 1. The summed E-state index contributed by atoms with van der Waals surface area (Å²) >= 11 is 1.64. The van der Waals surface area contributed by atoms with Crippen LogP contribution in [-0.4, -0.2) is 16.0 Å². The lowest BCUT2D eigenvalue weighted by atomic mass is 10.1. The van der Waals surface area contributed by atoms with Crippen molar-refractivity contribution in [3.05, 3.63) is 60.1 Å². The molecular formula is C20H19N3OS. The van der Waals surface area contributed by atoms with E-state index in [9.17, 15) is 0 Å². The molecule has 5 heteroatoms. The lowest BCUT2D eigenvalue weighted by molar-refractivity contribution is 0.317. The van der Waals surface area contributed by atoms with Crippen molar-refractivity contribution in [3.8, 4) is 28.3 Å². The molecule has 2 heterocycles. The summed E-state index contributed by atoms with van der Waals surface area (Å²) in [7, 11) is 0. The molecular weight excluding hydrogens is 330 g/mol. The molecule has 0 aliphatic carbocycles. The first-order valence-corrected chi connectivity index (χ1v) is 9.18. The third-order valence-corrected chi connectivity index (χ3v) is 4.88. The van der Waals surface area contributed by atoms with Gasteiger partial charge in [0.2, 0.25) is 0 Å². The summed E-state index contributed by atoms with van der Waals surface area (Å²) in [6.45, 7) is 2.85. The summed E-state index contributed by atoms with van der Waals surface area (Å²) in [6.07, 6.45) is 3.09. The Bertz CT molecular complexity index is 984. The predicted octanol–water partition coefficient (Wildman–Crippen LogP) is 5.10. The Balaban J connectivity index is 1.67. The molecule has 4 aromatic rings. The zero-order chi connectivity index (χ0) is 17.2. The highest BCUT2D eigenvalue weighted by molar-refractivity contribution is 7.15. The summed E-state index contributed by atoms with van der Waals surface area (Å²) in [5.41, 5.74) is 10.8. The van der Waals surface area contributed by atoms with Crippen LogP contribution in [0.3, 0.4) is 0 Å². The number of hydrogen-bond acceptors (Lipinski definition) is 4. The maximum absolute atomic E-state index is 5.77.